The molecule has 37 heavy (non-hydrogen) atoms. The number of hydrogen-bond donors (Lipinski definition) is 1. The normalized spacial score (nSPS) is 11.2. The largest absolute Gasteiger partial charge is 0.463 e. The molecule has 0 fully saturated rings. The summed E-state index contributed by atoms with van der Waals surface area (Å²) < 4.78 is 51.6. The summed E-state index contributed by atoms with van der Waals surface area (Å²) in [5.74, 6) is 3.75. The van der Waals surface area contributed by atoms with E-state index in [0.29, 0.717) is 18.4 Å². The van der Waals surface area contributed by atoms with Crippen molar-refractivity contribution >= 4 is 17.8 Å². The SMILES string of the molecule is CC(=O)NC(CCc1ccc(C#CCCc2ccccc2)c(C(F)(F)F)c1)(COC(C)=O)COC(C)=O. The zero-order valence-corrected chi connectivity index (χ0v) is 21.0. The third-order valence-electron chi connectivity index (χ3n) is 5.43. The monoisotopic (exact) mass is 517 g/mol. The number of carbonyl (C=O) groups is 3. The quantitative estimate of drug-likeness (QED) is 0.367. The van der Waals surface area contributed by atoms with Crippen LogP contribution < -0.4 is 5.32 Å². The molecule has 0 spiro atoms. The molecule has 2 rings (SSSR count). The lowest BCUT2D eigenvalue weighted by Crippen LogP contribution is -2.55. The van der Waals surface area contributed by atoms with Gasteiger partial charge >= 0.3 is 18.1 Å². The second kappa shape index (κ2) is 13.5. The highest BCUT2D eigenvalue weighted by Gasteiger charge is 2.36. The number of benzene rings is 2. The average molecular weight is 518 g/mol. The molecular formula is C28H30F3NO5. The Bertz CT molecular complexity index is 1130. The summed E-state index contributed by atoms with van der Waals surface area (Å²) in [7, 11) is 0. The highest BCUT2D eigenvalue weighted by Crippen LogP contribution is 2.33. The molecule has 0 aromatic heterocycles. The molecule has 6 nitrogen and oxygen atoms in total. The molecule has 0 saturated heterocycles. The van der Waals surface area contributed by atoms with Gasteiger partial charge in [-0.3, -0.25) is 14.4 Å². The number of nitrogens with one attached hydrogen (secondary N) is 1. The van der Waals surface area contributed by atoms with Crippen LogP contribution in [0.4, 0.5) is 13.2 Å². The van der Waals surface area contributed by atoms with Crippen molar-refractivity contribution in [1.82, 2.24) is 5.32 Å². The van der Waals surface area contributed by atoms with E-state index in [1.54, 1.807) is 0 Å². The Hall–Kier alpha value is -3.80. The summed E-state index contributed by atoms with van der Waals surface area (Å²) in [6.07, 6.45) is -3.46. The standard InChI is InChI=1S/C28H30F3NO5/c1-20(33)32-27(18-36-21(2)34,19-37-22(3)35)16-15-24-13-14-25(26(17-24)28(29,30)31)12-8-7-11-23-9-5-4-6-10-23/h4-6,9-10,13-14,17H,7,11,15-16,18-19H2,1-3H3,(H,32,33). The summed E-state index contributed by atoms with van der Waals surface area (Å²) in [6, 6.07) is 13.4. The fraction of sp³-hybridized carbons (Fsp3) is 0.393. The first kappa shape index (κ1) is 29.4. The number of aryl methyl sites for hydroxylation is 2. The summed E-state index contributed by atoms with van der Waals surface area (Å²) in [4.78, 5) is 34.6. The van der Waals surface area contributed by atoms with Gasteiger partial charge in [-0.2, -0.15) is 13.2 Å². The van der Waals surface area contributed by atoms with Crippen molar-refractivity contribution in [3.8, 4) is 11.8 Å². The zero-order valence-electron chi connectivity index (χ0n) is 21.0. The maximum absolute atomic E-state index is 13.8. The van der Waals surface area contributed by atoms with Crippen LogP contribution in [0.3, 0.4) is 0 Å². The van der Waals surface area contributed by atoms with Crippen LogP contribution in [0.25, 0.3) is 0 Å². The van der Waals surface area contributed by atoms with Crippen molar-refractivity contribution in [3.05, 3.63) is 70.8 Å². The Morgan fingerprint density at radius 2 is 1.49 bits per heavy atom. The predicted octanol–water partition coefficient (Wildman–Crippen LogP) is 4.62. The fourth-order valence-corrected chi connectivity index (χ4v) is 3.66. The van der Waals surface area contributed by atoms with Gasteiger partial charge in [0, 0.05) is 32.8 Å². The lowest BCUT2D eigenvalue weighted by molar-refractivity contribution is -0.150. The predicted molar refractivity (Wildman–Crippen MR) is 131 cm³/mol. The van der Waals surface area contributed by atoms with E-state index in [1.165, 1.54) is 32.9 Å². The maximum Gasteiger partial charge on any atom is 0.417 e. The molecule has 198 valence electrons. The molecule has 0 aliphatic carbocycles. The first-order chi connectivity index (χ1) is 17.4. The molecule has 9 heteroatoms. The van der Waals surface area contributed by atoms with Crippen LogP contribution in [0, 0.1) is 11.8 Å². The highest BCUT2D eigenvalue weighted by atomic mass is 19.4. The van der Waals surface area contributed by atoms with Crippen LogP contribution in [0.1, 0.15) is 55.9 Å². The first-order valence-electron chi connectivity index (χ1n) is 11.7. The second-order valence-electron chi connectivity index (χ2n) is 8.69. The van der Waals surface area contributed by atoms with Crippen molar-refractivity contribution in [2.75, 3.05) is 13.2 Å². The van der Waals surface area contributed by atoms with Crippen molar-refractivity contribution in [1.29, 1.82) is 0 Å². The molecule has 0 atom stereocenters. The van der Waals surface area contributed by atoms with Crippen LogP contribution in [-0.4, -0.2) is 36.6 Å². The van der Waals surface area contributed by atoms with E-state index in [0.717, 1.165) is 11.6 Å². The van der Waals surface area contributed by atoms with Crippen LogP contribution >= 0.6 is 0 Å². The molecule has 0 unspecified atom stereocenters. The molecule has 1 N–H and O–H groups in total. The number of ether oxygens (including phenoxy) is 2. The van der Waals surface area contributed by atoms with Gasteiger partial charge < -0.3 is 14.8 Å². The Morgan fingerprint density at radius 1 is 0.865 bits per heavy atom. The number of amides is 1. The Morgan fingerprint density at radius 3 is 2.03 bits per heavy atom. The molecule has 0 radical (unpaired) electrons. The van der Waals surface area contributed by atoms with Gasteiger partial charge in [0.25, 0.3) is 0 Å². The number of alkyl halides is 3. The zero-order chi connectivity index (χ0) is 27.5. The van der Waals surface area contributed by atoms with E-state index in [4.69, 9.17) is 9.47 Å². The smallest absolute Gasteiger partial charge is 0.417 e. The van der Waals surface area contributed by atoms with E-state index in [2.05, 4.69) is 17.2 Å². The van der Waals surface area contributed by atoms with Gasteiger partial charge in [0.15, 0.2) is 0 Å². The van der Waals surface area contributed by atoms with Gasteiger partial charge in [0.1, 0.15) is 18.8 Å². The molecule has 1 amide bonds. The molecule has 0 aliphatic rings. The summed E-state index contributed by atoms with van der Waals surface area (Å²) in [5, 5.41) is 2.64. The number of hydrogen-bond acceptors (Lipinski definition) is 5. The minimum Gasteiger partial charge on any atom is -0.463 e. The molecule has 0 bridgehead atoms. The van der Waals surface area contributed by atoms with Gasteiger partial charge in [-0.15, -0.1) is 0 Å². The van der Waals surface area contributed by atoms with E-state index in [1.807, 2.05) is 30.3 Å². The maximum atomic E-state index is 13.8. The van der Waals surface area contributed by atoms with Crippen molar-refractivity contribution in [2.24, 2.45) is 0 Å². The van der Waals surface area contributed by atoms with Crippen molar-refractivity contribution in [2.45, 2.75) is 58.2 Å². The molecule has 0 aliphatic heterocycles. The lowest BCUT2D eigenvalue weighted by atomic mass is 9.91. The van der Waals surface area contributed by atoms with Crippen LogP contribution in [-0.2, 0) is 42.9 Å². The number of esters is 2. The van der Waals surface area contributed by atoms with Crippen molar-refractivity contribution < 1.29 is 37.0 Å². The van der Waals surface area contributed by atoms with Gasteiger partial charge in [0.05, 0.1) is 5.56 Å². The minimum absolute atomic E-state index is 0.0482. The summed E-state index contributed by atoms with van der Waals surface area (Å²) in [6.45, 7) is 2.97. The molecule has 2 aromatic rings. The Kier molecular flexibility index (Phi) is 10.7. The number of carbonyl (C=O) groups excluding carboxylic acids is 3. The van der Waals surface area contributed by atoms with Gasteiger partial charge in [-0.1, -0.05) is 48.2 Å². The van der Waals surface area contributed by atoms with E-state index in [-0.39, 0.29) is 31.6 Å². The molecule has 0 heterocycles. The Balaban J connectivity index is 2.25. The fourth-order valence-electron chi connectivity index (χ4n) is 3.66. The van der Waals surface area contributed by atoms with Crippen LogP contribution in [0.2, 0.25) is 0 Å². The third kappa shape index (κ3) is 10.4. The highest BCUT2D eigenvalue weighted by molar-refractivity contribution is 5.74. The number of halogens is 3. The topological polar surface area (TPSA) is 81.7 Å². The van der Waals surface area contributed by atoms with Gasteiger partial charge in [-0.05, 0) is 42.5 Å². The summed E-state index contributed by atoms with van der Waals surface area (Å²) in [5.41, 5.74) is -0.909. The van der Waals surface area contributed by atoms with E-state index < -0.39 is 35.1 Å². The van der Waals surface area contributed by atoms with Crippen molar-refractivity contribution in [3.63, 3.8) is 0 Å². The first-order valence-corrected chi connectivity index (χ1v) is 11.7. The third-order valence-corrected chi connectivity index (χ3v) is 5.43. The molecule has 2 aromatic carbocycles. The second-order valence-corrected chi connectivity index (χ2v) is 8.69. The van der Waals surface area contributed by atoms with Gasteiger partial charge in [0.2, 0.25) is 5.91 Å². The Labute approximate surface area is 214 Å². The molecule has 0 saturated carbocycles. The van der Waals surface area contributed by atoms with E-state index >= 15 is 0 Å². The lowest BCUT2D eigenvalue weighted by Gasteiger charge is -2.33. The molecular weight excluding hydrogens is 487 g/mol. The summed E-state index contributed by atoms with van der Waals surface area (Å²) >= 11 is 0. The van der Waals surface area contributed by atoms with Gasteiger partial charge in [-0.25, -0.2) is 0 Å². The minimum atomic E-state index is -4.62. The van der Waals surface area contributed by atoms with Crippen LogP contribution in [0.15, 0.2) is 48.5 Å². The van der Waals surface area contributed by atoms with E-state index in [9.17, 15) is 27.6 Å². The average Bonchev–Trinajstić information content (AvgIpc) is 2.82. The number of rotatable bonds is 10. The van der Waals surface area contributed by atoms with Crippen LogP contribution in [0.5, 0.6) is 0 Å².